The number of carbonyl (C=O) groups excluding carboxylic acids is 2. The molecule has 1 fully saturated rings. The SMILES string of the molecule is COc1ccc(/C=C2\CCCC3C2=NN(C(=O)COC(=O)c2cnccn2)C3c2ccc(OC)cc2)cc1. The van der Waals surface area contributed by atoms with Crippen LogP contribution in [-0.4, -0.2) is 53.4 Å². The van der Waals surface area contributed by atoms with E-state index in [9.17, 15) is 9.59 Å². The van der Waals surface area contributed by atoms with E-state index in [1.165, 1.54) is 23.6 Å². The van der Waals surface area contributed by atoms with Crippen LogP contribution in [0.3, 0.4) is 0 Å². The van der Waals surface area contributed by atoms with Gasteiger partial charge in [-0.05, 0) is 66.3 Å². The highest BCUT2D eigenvalue weighted by Crippen LogP contribution is 2.44. The summed E-state index contributed by atoms with van der Waals surface area (Å²) in [6.45, 7) is -0.455. The van der Waals surface area contributed by atoms with Gasteiger partial charge in [-0.2, -0.15) is 5.10 Å². The molecule has 3 aromatic rings. The van der Waals surface area contributed by atoms with E-state index in [4.69, 9.17) is 19.3 Å². The largest absolute Gasteiger partial charge is 0.497 e. The molecule has 9 nitrogen and oxygen atoms in total. The Bertz CT molecular complexity index is 1350. The van der Waals surface area contributed by atoms with E-state index in [2.05, 4.69) is 16.0 Å². The molecule has 2 aromatic carbocycles. The highest BCUT2D eigenvalue weighted by atomic mass is 16.5. The van der Waals surface area contributed by atoms with E-state index in [-0.39, 0.29) is 17.7 Å². The third-order valence-corrected chi connectivity index (χ3v) is 6.77. The molecule has 2 heterocycles. The van der Waals surface area contributed by atoms with Crippen LogP contribution in [0, 0.1) is 5.92 Å². The molecule has 1 aliphatic carbocycles. The minimum absolute atomic E-state index is 0.0151. The van der Waals surface area contributed by atoms with Gasteiger partial charge in [-0.1, -0.05) is 24.3 Å². The average molecular weight is 513 g/mol. The summed E-state index contributed by atoms with van der Waals surface area (Å²) in [5, 5.41) is 6.30. The van der Waals surface area contributed by atoms with Crippen LogP contribution in [0.5, 0.6) is 11.5 Å². The molecule has 0 radical (unpaired) electrons. The molecule has 2 unspecified atom stereocenters. The van der Waals surface area contributed by atoms with Gasteiger partial charge in [0.05, 0.1) is 32.2 Å². The first-order valence-electron chi connectivity index (χ1n) is 12.4. The van der Waals surface area contributed by atoms with Gasteiger partial charge in [-0.3, -0.25) is 9.78 Å². The summed E-state index contributed by atoms with van der Waals surface area (Å²) in [7, 11) is 3.26. The second kappa shape index (κ2) is 11.2. The number of carbonyl (C=O) groups is 2. The number of aromatic nitrogens is 2. The maximum absolute atomic E-state index is 13.4. The number of fused-ring (bicyclic) bond motifs is 1. The monoisotopic (exact) mass is 512 g/mol. The highest BCUT2D eigenvalue weighted by Gasteiger charge is 2.43. The lowest BCUT2D eigenvalue weighted by Crippen LogP contribution is -2.34. The third kappa shape index (κ3) is 5.27. The number of hydrazone groups is 1. The van der Waals surface area contributed by atoms with E-state index in [0.717, 1.165) is 53.2 Å². The minimum Gasteiger partial charge on any atom is -0.497 e. The fraction of sp³-hybridized carbons (Fsp3) is 0.276. The van der Waals surface area contributed by atoms with Crippen LogP contribution < -0.4 is 9.47 Å². The Balaban J connectivity index is 1.44. The van der Waals surface area contributed by atoms with Crippen molar-refractivity contribution < 1.29 is 23.8 Å². The summed E-state index contributed by atoms with van der Waals surface area (Å²) in [5.41, 5.74) is 4.00. The van der Waals surface area contributed by atoms with Crippen molar-refractivity contribution >= 4 is 23.7 Å². The van der Waals surface area contributed by atoms with E-state index < -0.39 is 18.5 Å². The number of benzene rings is 2. The zero-order valence-corrected chi connectivity index (χ0v) is 21.2. The third-order valence-electron chi connectivity index (χ3n) is 6.77. The molecule has 1 saturated carbocycles. The molecule has 5 rings (SSSR count). The Hall–Kier alpha value is -4.53. The number of ether oxygens (including phenoxy) is 3. The van der Waals surface area contributed by atoms with Crippen LogP contribution in [0.25, 0.3) is 6.08 Å². The maximum atomic E-state index is 13.4. The predicted molar refractivity (Wildman–Crippen MR) is 141 cm³/mol. The van der Waals surface area contributed by atoms with Crippen LogP contribution in [0.2, 0.25) is 0 Å². The number of methoxy groups -OCH3 is 2. The lowest BCUT2D eigenvalue weighted by molar-refractivity contribution is -0.137. The number of allylic oxidation sites excluding steroid dienone is 1. The van der Waals surface area contributed by atoms with Gasteiger partial charge in [-0.15, -0.1) is 0 Å². The zero-order chi connectivity index (χ0) is 26.5. The Morgan fingerprint density at radius 1 is 1.00 bits per heavy atom. The lowest BCUT2D eigenvalue weighted by Gasteiger charge is -2.29. The van der Waals surface area contributed by atoms with Crippen LogP contribution >= 0.6 is 0 Å². The number of nitrogens with zero attached hydrogens (tertiary/aromatic N) is 4. The summed E-state index contributed by atoms with van der Waals surface area (Å²) in [6.07, 6.45) is 9.00. The first kappa shape index (κ1) is 25.1. The lowest BCUT2D eigenvalue weighted by atomic mass is 9.77. The number of rotatable bonds is 7. The zero-order valence-electron chi connectivity index (χ0n) is 21.2. The fourth-order valence-corrected chi connectivity index (χ4v) is 4.91. The van der Waals surface area contributed by atoms with Crippen LogP contribution in [0.1, 0.15) is 46.9 Å². The Morgan fingerprint density at radius 2 is 1.71 bits per heavy atom. The molecule has 1 aliphatic heterocycles. The van der Waals surface area contributed by atoms with Crippen molar-refractivity contribution in [3.05, 3.63) is 89.5 Å². The molecule has 2 aliphatic rings. The second-order valence-electron chi connectivity index (χ2n) is 9.05. The van der Waals surface area contributed by atoms with E-state index in [1.807, 2.05) is 48.5 Å². The molecule has 0 spiro atoms. The summed E-state index contributed by atoms with van der Waals surface area (Å²) in [6, 6.07) is 15.2. The summed E-state index contributed by atoms with van der Waals surface area (Å²) in [4.78, 5) is 33.6. The Labute approximate surface area is 220 Å². The van der Waals surface area contributed by atoms with Crippen molar-refractivity contribution in [2.75, 3.05) is 20.8 Å². The first-order chi connectivity index (χ1) is 18.6. The molecule has 0 bridgehead atoms. The van der Waals surface area contributed by atoms with Crippen molar-refractivity contribution in [2.24, 2.45) is 11.0 Å². The predicted octanol–water partition coefficient (Wildman–Crippen LogP) is 4.47. The van der Waals surface area contributed by atoms with Gasteiger partial charge < -0.3 is 14.2 Å². The van der Waals surface area contributed by atoms with Gasteiger partial charge in [0.15, 0.2) is 12.3 Å². The average Bonchev–Trinajstić information content (AvgIpc) is 3.37. The summed E-state index contributed by atoms with van der Waals surface area (Å²) >= 11 is 0. The molecule has 0 N–H and O–H groups in total. The van der Waals surface area contributed by atoms with Crippen molar-refractivity contribution in [2.45, 2.75) is 25.3 Å². The smallest absolute Gasteiger partial charge is 0.359 e. The molecule has 9 heteroatoms. The van der Waals surface area contributed by atoms with Crippen molar-refractivity contribution in [1.82, 2.24) is 15.0 Å². The Morgan fingerprint density at radius 3 is 2.37 bits per heavy atom. The van der Waals surface area contributed by atoms with Crippen molar-refractivity contribution in [1.29, 1.82) is 0 Å². The second-order valence-corrected chi connectivity index (χ2v) is 9.05. The van der Waals surface area contributed by atoms with E-state index >= 15 is 0 Å². The normalized spacial score (nSPS) is 19.5. The number of esters is 1. The van der Waals surface area contributed by atoms with Crippen molar-refractivity contribution in [3.63, 3.8) is 0 Å². The number of hydrogen-bond acceptors (Lipinski definition) is 8. The highest BCUT2D eigenvalue weighted by molar-refractivity contribution is 6.08. The number of amides is 1. The van der Waals surface area contributed by atoms with Gasteiger partial charge in [-0.25, -0.2) is 14.8 Å². The van der Waals surface area contributed by atoms with Crippen LogP contribution in [-0.2, 0) is 9.53 Å². The first-order valence-corrected chi connectivity index (χ1v) is 12.4. The van der Waals surface area contributed by atoms with Gasteiger partial charge >= 0.3 is 5.97 Å². The maximum Gasteiger partial charge on any atom is 0.359 e. The van der Waals surface area contributed by atoms with Gasteiger partial charge in [0.25, 0.3) is 5.91 Å². The molecule has 1 amide bonds. The molecular weight excluding hydrogens is 484 g/mol. The van der Waals surface area contributed by atoms with Gasteiger partial charge in [0.2, 0.25) is 0 Å². The van der Waals surface area contributed by atoms with E-state index in [0.29, 0.717) is 0 Å². The molecule has 38 heavy (non-hydrogen) atoms. The molecule has 0 saturated heterocycles. The minimum atomic E-state index is -0.711. The molecular formula is C29H28N4O5. The van der Waals surface area contributed by atoms with E-state index in [1.54, 1.807) is 14.2 Å². The van der Waals surface area contributed by atoms with Crippen LogP contribution in [0.4, 0.5) is 0 Å². The Kier molecular flexibility index (Phi) is 7.44. The summed E-state index contributed by atoms with van der Waals surface area (Å²) < 4.78 is 15.9. The van der Waals surface area contributed by atoms with Gasteiger partial charge in [0, 0.05) is 18.3 Å². The summed E-state index contributed by atoms with van der Waals surface area (Å²) in [5.74, 6) is 0.415. The molecule has 194 valence electrons. The van der Waals surface area contributed by atoms with Gasteiger partial charge in [0.1, 0.15) is 11.5 Å². The topological polar surface area (TPSA) is 103 Å². The standard InChI is InChI=1S/C29H28N4O5/c1-36-22-10-6-19(7-11-22)16-21-4-3-5-24-27(21)32-33(28(24)20-8-12-23(37-2)13-9-20)26(34)18-38-29(35)25-17-30-14-15-31-25/h6-17,24,28H,3-5,18H2,1-2H3/b21-16+. The molecule has 2 atom stereocenters. The molecule has 1 aromatic heterocycles. The van der Waals surface area contributed by atoms with Crippen molar-refractivity contribution in [3.8, 4) is 11.5 Å². The fourth-order valence-electron chi connectivity index (χ4n) is 4.91. The van der Waals surface area contributed by atoms with Crippen LogP contribution in [0.15, 0.2) is 77.8 Å². The quantitative estimate of drug-likeness (QED) is 0.430. The number of hydrogen-bond donors (Lipinski definition) is 0.